The number of aromatic hydroxyl groups is 5. The number of carbonyl (C=O) groups excluding carboxylic acids is 7. The Balaban J connectivity index is 1.30. The molecule has 0 radical (unpaired) electrons. The molecule has 0 unspecified atom stereocenters. The number of phenols is 5. The zero-order valence-corrected chi connectivity index (χ0v) is 47.9. The monoisotopic (exact) mass is 1220 g/mol. The summed E-state index contributed by atoms with van der Waals surface area (Å²) in [4.78, 5) is 95.4. The van der Waals surface area contributed by atoms with Crippen LogP contribution in [0.2, 0.25) is 0 Å². The van der Waals surface area contributed by atoms with Gasteiger partial charge in [-0.2, -0.15) is 13.2 Å². The van der Waals surface area contributed by atoms with E-state index in [1.54, 1.807) is 72.8 Å². The van der Waals surface area contributed by atoms with Crippen LogP contribution in [0.4, 0.5) is 30.2 Å². The number of nitrogens with one attached hydrogen (secondary N) is 3. The zero-order chi connectivity index (χ0) is 64.6. The van der Waals surface area contributed by atoms with Crippen LogP contribution in [-0.2, 0) is 52.8 Å². The third-order valence-corrected chi connectivity index (χ3v) is 14.9. The lowest BCUT2D eigenvalue weighted by Gasteiger charge is -2.28. The molecule has 3 atom stereocenters. The third kappa shape index (κ3) is 17.3. The summed E-state index contributed by atoms with van der Waals surface area (Å²) in [6.07, 6.45) is -4.72. The number of esters is 1. The molecule has 0 heterocycles. The van der Waals surface area contributed by atoms with Crippen molar-refractivity contribution >= 4 is 58.1 Å². The first-order valence-electron chi connectivity index (χ1n) is 28.1. The van der Waals surface area contributed by atoms with Gasteiger partial charge in [-0.25, -0.2) is 4.79 Å². The number of phenolic OH excluding ortho intramolecular Hbond substituents is 5. The van der Waals surface area contributed by atoms with Crippen LogP contribution in [0.1, 0.15) is 97.1 Å². The van der Waals surface area contributed by atoms with E-state index >= 15 is 0 Å². The zero-order valence-electron chi connectivity index (χ0n) is 47.9. The Kier molecular flexibility index (Phi) is 23.1. The van der Waals surface area contributed by atoms with Gasteiger partial charge < -0.3 is 80.6 Å². The fraction of sp³-hybridized carbons (Fsp3) is 0.317. The molecule has 0 aliphatic carbocycles. The molecule has 468 valence electrons. The van der Waals surface area contributed by atoms with Crippen LogP contribution < -0.4 is 55.1 Å². The van der Waals surface area contributed by atoms with E-state index in [1.165, 1.54) is 36.4 Å². The van der Waals surface area contributed by atoms with Crippen molar-refractivity contribution in [3.05, 3.63) is 161 Å². The van der Waals surface area contributed by atoms with Gasteiger partial charge in [0, 0.05) is 42.2 Å². The van der Waals surface area contributed by atoms with Crippen LogP contribution >= 0.6 is 0 Å². The van der Waals surface area contributed by atoms with Crippen molar-refractivity contribution in [3.63, 3.8) is 0 Å². The molecule has 0 fully saturated rings. The van der Waals surface area contributed by atoms with Gasteiger partial charge in [0.1, 0.15) is 0 Å². The van der Waals surface area contributed by atoms with E-state index in [2.05, 4.69) is 20.7 Å². The van der Waals surface area contributed by atoms with E-state index < -0.39 is 111 Å². The van der Waals surface area contributed by atoms with E-state index in [0.717, 1.165) is 18.2 Å². The molecule has 6 rings (SSSR count). The maximum Gasteiger partial charge on any atom is 0.491 e. The molecule has 0 saturated heterocycles. The number of hydrogen-bond acceptors (Lipinski definition) is 19. The number of ketones is 3. The number of amides is 3. The average Bonchev–Trinajstić information content (AvgIpc) is 2.36. The van der Waals surface area contributed by atoms with Gasteiger partial charge in [-0.3, -0.25) is 28.8 Å². The molecule has 25 heteroatoms. The van der Waals surface area contributed by atoms with Gasteiger partial charge in [0.05, 0.1) is 0 Å². The molecule has 0 aliphatic rings. The summed E-state index contributed by atoms with van der Waals surface area (Å²) in [5, 5.41) is 58.4. The third-order valence-electron chi connectivity index (χ3n) is 14.9. The van der Waals surface area contributed by atoms with Crippen molar-refractivity contribution in [1.29, 1.82) is 0 Å². The summed E-state index contributed by atoms with van der Waals surface area (Å²) in [5.74, 6) is -11.3. The van der Waals surface area contributed by atoms with Gasteiger partial charge in [0.15, 0.2) is 68.5 Å². The van der Waals surface area contributed by atoms with Crippen LogP contribution in [0.3, 0.4) is 0 Å². The first-order valence-corrected chi connectivity index (χ1v) is 28.1. The standard InChI is InChI=1S/C63H72F3N9O13/c64-63(65,66)59(87)88-51-24-9-39(33-50(51)80)36-54(83)62(72,27-3-6-30-69)58(86)75-45-20-14-42(15-21-45)55(40-10-16-43(17-11-40)73-56(84)60(70,25-1-4-28-67)52(81)34-37-7-22-46(76)48(78)31-37)41-12-18-44(19-13-41)74-57(85)61(71,26-2-5-29-68)53(82)35-38-8-23-47(77)49(79)32-38/h7-24,31-33,55,76-80H,1-6,25-30,34-36,67-72H2,(H,73,84)(H,74,85)(H,75,86)/t60-,61-,62-/m0/s1. The second kappa shape index (κ2) is 29.9. The Labute approximate surface area is 504 Å². The largest absolute Gasteiger partial charge is 0.504 e. The Hall–Kier alpha value is -9.24. The number of Topliss-reactive ketones (excluding diaryl/α,β-unsaturated/α-hetero) is 3. The Morgan fingerprint density at radius 2 is 0.705 bits per heavy atom. The van der Waals surface area contributed by atoms with E-state index in [4.69, 9.17) is 34.4 Å². The molecule has 3 amide bonds. The fourth-order valence-electron chi connectivity index (χ4n) is 9.67. The van der Waals surface area contributed by atoms with Gasteiger partial charge in [-0.1, -0.05) is 54.6 Å². The number of nitrogens with two attached hydrogens (primary N) is 6. The van der Waals surface area contributed by atoms with Gasteiger partial charge >= 0.3 is 12.1 Å². The molecule has 20 N–H and O–H groups in total. The van der Waals surface area contributed by atoms with Crippen molar-refractivity contribution in [3.8, 4) is 34.5 Å². The quantitative estimate of drug-likeness (QED) is 0.00629. The Morgan fingerprint density at radius 1 is 0.409 bits per heavy atom. The van der Waals surface area contributed by atoms with Crippen LogP contribution in [0.25, 0.3) is 0 Å². The summed E-state index contributed by atoms with van der Waals surface area (Å²) in [5.41, 5.74) is 34.1. The first kappa shape index (κ1) is 67.9. The minimum atomic E-state index is -5.35. The van der Waals surface area contributed by atoms with Crippen molar-refractivity contribution in [2.24, 2.45) is 34.4 Å². The highest BCUT2D eigenvalue weighted by atomic mass is 19.4. The molecule has 0 saturated carbocycles. The number of rotatable bonds is 31. The fourth-order valence-corrected chi connectivity index (χ4v) is 9.67. The molecule has 0 aliphatic heterocycles. The maximum atomic E-state index is 14.2. The lowest BCUT2D eigenvalue weighted by molar-refractivity contribution is -0.189. The average molecular weight is 1220 g/mol. The van der Waals surface area contributed by atoms with Crippen LogP contribution in [0.5, 0.6) is 34.5 Å². The minimum Gasteiger partial charge on any atom is -0.504 e. The van der Waals surface area contributed by atoms with Crippen LogP contribution in [-0.4, -0.2) is 109 Å². The second-order valence-corrected chi connectivity index (χ2v) is 21.4. The van der Waals surface area contributed by atoms with E-state index in [0.29, 0.717) is 59.9 Å². The Morgan fingerprint density at radius 3 is 0.977 bits per heavy atom. The predicted octanol–water partition coefficient (Wildman–Crippen LogP) is 5.59. The van der Waals surface area contributed by atoms with Gasteiger partial charge in [-0.05, 0) is 184 Å². The van der Waals surface area contributed by atoms with E-state index in [-0.39, 0.29) is 80.8 Å². The molecule has 6 aromatic carbocycles. The number of alkyl halides is 3. The minimum absolute atomic E-state index is 0.0351. The summed E-state index contributed by atoms with van der Waals surface area (Å²) in [6, 6.07) is 30.2. The van der Waals surface area contributed by atoms with Crippen molar-refractivity contribution in [1.82, 2.24) is 0 Å². The van der Waals surface area contributed by atoms with E-state index in [9.17, 15) is 72.3 Å². The van der Waals surface area contributed by atoms with Gasteiger partial charge in [-0.15, -0.1) is 0 Å². The lowest BCUT2D eigenvalue weighted by atomic mass is 9.83. The smallest absolute Gasteiger partial charge is 0.491 e. The number of halogens is 3. The highest BCUT2D eigenvalue weighted by Gasteiger charge is 2.45. The topological polar surface area (TPSA) is 422 Å². The Bertz CT molecular complexity index is 3340. The lowest BCUT2D eigenvalue weighted by Crippen LogP contribution is -2.58. The van der Waals surface area contributed by atoms with Gasteiger partial charge in [0.25, 0.3) is 17.7 Å². The molecule has 88 heavy (non-hydrogen) atoms. The number of carbonyl (C=O) groups is 7. The van der Waals surface area contributed by atoms with Crippen molar-refractivity contribution < 1.29 is 77.0 Å². The first-order chi connectivity index (χ1) is 41.6. The highest BCUT2D eigenvalue weighted by Crippen LogP contribution is 2.36. The molecular weight excluding hydrogens is 1150 g/mol. The normalized spacial score (nSPS) is 13.5. The number of hydrogen-bond donors (Lipinski definition) is 14. The molecule has 0 spiro atoms. The molecule has 0 aromatic heterocycles. The number of benzene rings is 6. The van der Waals surface area contributed by atoms with Crippen LogP contribution in [0.15, 0.2) is 127 Å². The molecule has 0 bridgehead atoms. The summed E-state index contributed by atoms with van der Waals surface area (Å²) in [6.45, 7) is 0.760. The predicted molar refractivity (Wildman–Crippen MR) is 321 cm³/mol. The molecular formula is C63H72F3N9O13. The summed E-state index contributed by atoms with van der Waals surface area (Å²) < 4.78 is 42.7. The highest BCUT2D eigenvalue weighted by molar-refractivity contribution is 6.17. The second-order valence-electron chi connectivity index (χ2n) is 21.4. The van der Waals surface area contributed by atoms with Crippen molar-refractivity contribution in [2.75, 3.05) is 35.6 Å². The summed E-state index contributed by atoms with van der Waals surface area (Å²) >= 11 is 0. The molecule has 22 nitrogen and oxygen atoms in total. The number of unbranched alkanes of at least 4 members (excludes halogenated alkanes) is 3. The van der Waals surface area contributed by atoms with Crippen molar-refractivity contribution in [2.45, 2.75) is 106 Å². The number of ether oxygens (including phenoxy) is 1. The molecule has 6 aromatic rings. The van der Waals surface area contributed by atoms with Crippen LogP contribution in [0, 0.1) is 0 Å². The maximum absolute atomic E-state index is 14.2. The van der Waals surface area contributed by atoms with E-state index in [1.807, 2.05) is 0 Å². The van der Waals surface area contributed by atoms with Gasteiger partial charge in [0.2, 0.25) is 0 Å². The summed E-state index contributed by atoms with van der Waals surface area (Å²) in [7, 11) is 0. The SMILES string of the molecule is NCCCC[C@](N)(C(=O)Cc1ccc(O)c(O)c1)C(=O)Nc1ccc(C(c2ccc(NC(=O)[C@](N)(CCCCN)C(=O)Cc3ccc(O)c(O)c3)cc2)c2ccc(NC(=O)[C@](N)(CCCCN)C(=O)Cc3ccc(OC(=O)C(F)(F)F)c(O)c3)cc2)cc1. The number of anilines is 3.